The smallest absolute Gasteiger partial charge is 0.0613 e. The first-order valence-electron chi connectivity index (χ1n) is 5.29. The summed E-state index contributed by atoms with van der Waals surface area (Å²) in [7, 11) is 3.68. The fraction of sp³-hybridized carbons (Fsp3) is 0.727. The third-order valence-corrected chi connectivity index (χ3v) is 2.69. The first-order chi connectivity index (χ1) is 7.06. The molecule has 0 aliphatic carbocycles. The molecule has 1 aromatic rings. The molecule has 86 valence electrons. The number of hydrogen-bond acceptors (Lipinski definition) is 3. The van der Waals surface area contributed by atoms with E-state index in [0.29, 0.717) is 12.1 Å². The van der Waals surface area contributed by atoms with E-state index in [-0.39, 0.29) is 0 Å². The van der Waals surface area contributed by atoms with Gasteiger partial charge in [0.2, 0.25) is 0 Å². The second-order valence-corrected chi connectivity index (χ2v) is 4.05. The summed E-state index contributed by atoms with van der Waals surface area (Å²) in [5.41, 5.74) is 2.46. The Morgan fingerprint density at radius 1 is 1.53 bits per heavy atom. The van der Waals surface area contributed by atoms with Crippen LogP contribution in [0.3, 0.4) is 0 Å². The number of nitrogens with zero attached hydrogens (tertiary/aromatic N) is 2. The van der Waals surface area contributed by atoms with Gasteiger partial charge in [-0.2, -0.15) is 5.10 Å². The molecule has 0 amide bonds. The second kappa shape index (κ2) is 5.28. The Morgan fingerprint density at radius 3 is 2.67 bits per heavy atom. The molecule has 0 fully saturated rings. The molecule has 0 aromatic carbocycles. The van der Waals surface area contributed by atoms with Crippen molar-refractivity contribution in [2.75, 3.05) is 13.7 Å². The summed E-state index contributed by atoms with van der Waals surface area (Å²) in [4.78, 5) is 0. The summed E-state index contributed by atoms with van der Waals surface area (Å²) < 4.78 is 6.99. The summed E-state index contributed by atoms with van der Waals surface area (Å²) in [5, 5.41) is 7.71. The van der Waals surface area contributed by atoms with Crippen LogP contribution in [0.2, 0.25) is 0 Å². The molecule has 0 saturated heterocycles. The van der Waals surface area contributed by atoms with Gasteiger partial charge in [-0.05, 0) is 20.8 Å². The van der Waals surface area contributed by atoms with Gasteiger partial charge in [-0.3, -0.25) is 4.68 Å². The van der Waals surface area contributed by atoms with Gasteiger partial charge in [0.05, 0.1) is 12.8 Å². The van der Waals surface area contributed by atoms with Gasteiger partial charge in [0.15, 0.2) is 0 Å². The SMILES string of the molecule is COCC(C)NC(C)c1cnn(C)c1C. The van der Waals surface area contributed by atoms with Crippen LogP contribution in [0.4, 0.5) is 0 Å². The normalized spacial score (nSPS) is 15.3. The van der Waals surface area contributed by atoms with E-state index in [1.165, 1.54) is 11.3 Å². The molecule has 0 saturated carbocycles. The third-order valence-electron chi connectivity index (χ3n) is 2.69. The van der Waals surface area contributed by atoms with Crippen LogP contribution >= 0.6 is 0 Å². The van der Waals surface area contributed by atoms with Crippen LogP contribution in [-0.2, 0) is 11.8 Å². The molecular formula is C11H21N3O. The predicted octanol–water partition coefficient (Wildman–Crippen LogP) is 1.41. The fourth-order valence-corrected chi connectivity index (χ4v) is 1.76. The summed E-state index contributed by atoms with van der Waals surface area (Å²) in [5.74, 6) is 0. The molecule has 1 rings (SSSR count). The zero-order valence-corrected chi connectivity index (χ0v) is 10.2. The number of methoxy groups -OCH3 is 1. The topological polar surface area (TPSA) is 39.1 Å². The molecule has 0 bridgehead atoms. The quantitative estimate of drug-likeness (QED) is 0.800. The minimum absolute atomic E-state index is 0.309. The van der Waals surface area contributed by atoms with E-state index < -0.39 is 0 Å². The Hall–Kier alpha value is -0.870. The lowest BCUT2D eigenvalue weighted by Crippen LogP contribution is -2.32. The van der Waals surface area contributed by atoms with Crippen molar-refractivity contribution >= 4 is 0 Å². The van der Waals surface area contributed by atoms with E-state index in [1.807, 2.05) is 17.9 Å². The van der Waals surface area contributed by atoms with Gasteiger partial charge in [0, 0.05) is 37.5 Å². The standard InChI is InChI=1S/C11H21N3O/c1-8(7-15-5)13-9(2)11-6-12-14(4)10(11)3/h6,8-9,13H,7H2,1-5H3. The van der Waals surface area contributed by atoms with Crippen molar-refractivity contribution in [1.82, 2.24) is 15.1 Å². The monoisotopic (exact) mass is 211 g/mol. The van der Waals surface area contributed by atoms with E-state index in [1.54, 1.807) is 7.11 Å². The zero-order valence-electron chi connectivity index (χ0n) is 10.2. The van der Waals surface area contributed by atoms with Crippen molar-refractivity contribution in [1.29, 1.82) is 0 Å². The summed E-state index contributed by atoms with van der Waals surface area (Å²) >= 11 is 0. The Labute approximate surface area is 91.6 Å². The lowest BCUT2D eigenvalue weighted by molar-refractivity contribution is 0.167. The highest BCUT2D eigenvalue weighted by atomic mass is 16.5. The van der Waals surface area contributed by atoms with Crippen molar-refractivity contribution < 1.29 is 4.74 Å². The van der Waals surface area contributed by atoms with Crippen molar-refractivity contribution in [2.45, 2.75) is 32.9 Å². The van der Waals surface area contributed by atoms with Gasteiger partial charge in [-0.25, -0.2) is 0 Å². The maximum atomic E-state index is 5.09. The van der Waals surface area contributed by atoms with Gasteiger partial charge in [0.25, 0.3) is 0 Å². The lowest BCUT2D eigenvalue weighted by atomic mass is 10.1. The minimum Gasteiger partial charge on any atom is -0.383 e. The van der Waals surface area contributed by atoms with Gasteiger partial charge in [-0.1, -0.05) is 0 Å². The second-order valence-electron chi connectivity index (χ2n) is 4.05. The number of nitrogens with one attached hydrogen (secondary N) is 1. The highest BCUT2D eigenvalue weighted by molar-refractivity contribution is 5.19. The maximum Gasteiger partial charge on any atom is 0.0613 e. The average Bonchev–Trinajstić information content (AvgIpc) is 2.48. The highest BCUT2D eigenvalue weighted by Crippen LogP contribution is 2.16. The van der Waals surface area contributed by atoms with Crippen LogP contribution in [-0.4, -0.2) is 29.5 Å². The lowest BCUT2D eigenvalue weighted by Gasteiger charge is -2.19. The molecule has 4 nitrogen and oxygen atoms in total. The first-order valence-corrected chi connectivity index (χ1v) is 5.29. The van der Waals surface area contributed by atoms with Crippen LogP contribution in [0, 0.1) is 6.92 Å². The van der Waals surface area contributed by atoms with Crippen LogP contribution in [0.15, 0.2) is 6.20 Å². The predicted molar refractivity (Wildman–Crippen MR) is 60.8 cm³/mol. The van der Waals surface area contributed by atoms with E-state index in [2.05, 4.69) is 31.2 Å². The summed E-state index contributed by atoms with van der Waals surface area (Å²) in [6.45, 7) is 7.08. The fourth-order valence-electron chi connectivity index (χ4n) is 1.76. The molecule has 0 aliphatic heterocycles. The number of aromatic nitrogens is 2. The number of aryl methyl sites for hydroxylation is 1. The summed E-state index contributed by atoms with van der Waals surface area (Å²) in [6, 6.07) is 0.661. The largest absolute Gasteiger partial charge is 0.383 e. The Kier molecular flexibility index (Phi) is 4.29. The molecule has 0 radical (unpaired) electrons. The minimum atomic E-state index is 0.309. The molecule has 1 N–H and O–H groups in total. The molecule has 0 aliphatic rings. The van der Waals surface area contributed by atoms with Gasteiger partial charge in [0.1, 0.15) is 0 Å². The highest BCUT2D eigenvalue weighted by Gasteiger charge is 2.13. The molecular weight excluding hydrogens is 190 g/mol. The van der Waals surface area contributed by atoms with E-state index in [4.69, 9.17) is 4.74 Å². The van der Waals surface area contributed by atoms with Gasteiger partial charge < -0.3 is 10.1 Å². The average molecular weight is 211 g/mol. The third kappa shape index (κ3) is 3.04. The molecule has 1 aromatic heterocycles. The van der Waals surface area contributed by atoms with Crippen LogP contribution in [0.5, 0.6) is 0 Å². The van der Waals surface area contributed by atoms with E-state index in [9.17, 15) is 0 Å². The number of ether oxygens (including phenoxy) is 1. The summed E-state index contributed by atoms with van der Waals surface area (Å²) in [6.07, 6.45) is 1.92. The maximum absolute atomic E-state index is 5.09. The van der Waals surface area contributed by atoms with Crippen molar-refractivity contribution in [3.8, 4) is 0 Å². The van der Waals surface area contributed by atoms with E-state index >= 15 is 0 Å². The molecule has 1 heterocycles. The Bertz CT molecular complexity index is 309. The van der Waals surface area contributed by atoms with Crippen LogP contribution < -0.4 is 5.32 Å². The number of rotatable bonds is 5. The zero-order chi connectivity index (χ0) is 11.4. The molecule has 2 unspecified atom stereocenters. The van der Waals surface area contributed by atoms with Gasteiger partial charge >= 0.3 is 0 Å². The van der Waals surface area contributed by atoms with E-state index in [0.717, 1.165) is 6.61 Å². The molecule has 15 heavy (non-hydrogen) atoms. The van der Waals surface area contributed by atoms with Crippen LogP contribution in [0.25, 0.3) is 0 Å². The van der Waals surface area contributed by atoms with Crippen LogP contribution in [0.1, 0.15) is 31.1 Å². The number of hydrogen-bond donors (Lipinski definition) is 1. The van der Waals surface area contributed by atoms with Crippen molar-refractivity contribution in [3.05, 3.63) is 17.5 Å². The molecule has 2 atom stereocenters. The van der Waals surface area contributed by atoms with Crippen molar-refractivity contribution in [2.24, 2.45) is 7.05 Å². The first kappa shape index (κ1) is 12.2. The van der Waals surface area contributed by atoms with Crippen molar-refractivity contribution in [3.63, 3.8) is 0 Å². The molecule has 0 spiro atoms. The van der Waals surface area contributed by atoms with Gasteiger partial charge in [-0.15, -0.1) is 0 Å². The Balaban J connectivity index is 2.60. The Morgan fingerprint density at radius 2 is 2.20 bits per heavy atom. The molecule has 4 heteroatoms.